The third-order valence-corrected chi connectivity index (χ3v) is 4.63. The summed E-state index contributed by atoms with van der Waals surface area (Å²) in [5, 5.41) is 0. The van der Waals surface area contributed by atoms with Gasteiger partial charge < -0.3 is 0 Å². The third kappa shape index (κ3) is 1.11. The van der Waals surface area contributed by atoms with Crippen LogP contribution in [0.3, 0.4) is 0 Å². The predicted octanol–water partition coefficient (Wildman–Crippen LogP) is 4.10. The van der Waals surface area contributed by atoms with Gasteiger partial charge in [0.05, 0.1) is 0 Å². The highest BCUT2D eigenvalue weighted by Crippen LogP contribution is 2.63. The van der Waals surface area contributed by atoms with Gasteiger partial charge in [-0.2, -0.15) is 0 Å². The Morgan fingerprint density at radius 1 is 1.33 bits per heavy atom. The maximum Gasteiger partial charge on any atom is -0.0241 e. The van der Waals surface area contributed by atoms with Gasteiger partial charge >= 0.3 is 0 Å². The van der Waals surface area contributed by atoms with Gasteiger partial charge in [0.2, 0.25) is 0 Å². The first-order valence-corrected chi connectivity index (χ1v) is 5.37. The Hall–Kier alpha value is 0. The van der Waals surface area contributed by atoms with Crippen LogP contribution in [0.25, 0.3) is 0 Å². The van der Waals surface area contributed by atoms with Gasteiger partial charge in [0.1, 0.15) is 0 Å². The van der Waals surface area contributed by atoms with E-state index in [9.17, 15) is 0 Å². The van der Waals surface area contributed by atoms with Crippen molar-refractivity contribution in [2.75, 3.05) is 0 Å². The summed E-state index contributed by atoms with van der Waals surface area (Å²) in [6.07, 6.45) is 2.78. The lowest BCUT2D eigenvalue weighted by Gasteiger charge is -2.62. The van der Waals surface area contributed by atoms with Crippen LogP contribution < -0.4 is 0 Å². The molecule has 1 aliphatic carbocycles. The summed E-state index contributed by atoms with van der Waals surface area (Å²) in [4.78, 5) is 0. The topological polar surface area (TPSA) is 0 Å². The molecule has 0 aromatic heterocycles. The number of hydrogen-bond donors (Lipinski definition) is 0. The summed E-state index contributed by atoms with van der Waals surface area (Å²) in [6.45, 7) is 14.4. The average molecular weight is 168 g/mol. The first-order valence-electron chi connectivity index (χ1n) is 5.37. The molecule has 1 rings (SSSR count). The van der Waals surface area contributed by atoms with Gasteiger partial charge in [-0.25, -0.2) is 0 Å². The Morgan fingerprint density at radius 2 is 1.83 bits per heavy atom. The maximum absolute atomic E-state index is 2.44. The largest absolute Gasteiger partial charge is 0.0648 e. The van der Waals surface area contributed by atoms with Crippen LogP contribution >= 0.6 is 0 Å². The fraction of sp³-hybridized carbons (Fsp3) is 1.00. The van der Waals surface area contributed by atoms with Crippen molar-refractivity contribution in [3.63, 3.8) is 0 Å². The highest BCUT2D eigenvalue weighted by Gasteiger charge is 2.55. The Morgan fingerprint density at radius 3 is 1.92 bits per heavy atom. The summed E-state index contributed by atoms with van der Waals surface area (Å²) < 4.78 is 0. The molecule has 0 aromatic carbocycles. The molecule has 0 heteroatoms. The summed E-state index contributed by atoms with van der Waals surface area (Å²) in [5.74, 6) is 1.75. The zero-order valence-corrected chi connectivity index (χ0v) is 9.57. The van der Waals surface area contributed by atoms with E-state index in [4.69, 9.17) is 0 Å². The highest BCUT2D eigenvalue weighted by molar-refractivity contribution is 5.04. The van der Waals surface area contributed by atoms with Crippen LogP contribution in [0.15, 0.2) is 0 Å². The second kappa shape index (κ2) is 2.75. The van der Waals surface area contributed by atoms with Crippen LogP contribution in [0.5, 0.6) is 0 Å². The van der Waals surface area contributed by atoms with Gasteiger partial charge in [-0.1, -0.05) is 41.5 Å². The molecule has 0 aromatic rings. The highest BCUT2D eigenvalue weighted by atomic mass is 14.6. The molecule has 0 aliphatic heterocycles. The first kappa shape index (κ1) is 10.1. The fourth-order valence-corrected chi connectivity index (χ4v) is 3.35. The molecule has 0 bridgehead atoms. The quantitative estimate of drug-likeness (QED) is 0.582. The fourth-order valence-electron chi connectivity index (χ4n) is 3.35. The van der Waals surface area contributed by atoms with Crippen LogP contribution in [-0.4, -0.2) is 0 Å². The van der Waals surface area contributed by atoms with E-state index in [1.165, 1.54) is 12.8 Å². The van der Waals surface area contributed by atoms with E-state index in [0.717, 1.165) is 11.8 Å². The standard InChI is InChI=1S/C12H24/c1-7-12(9(2)3)8-11(5,6)10(12)4/h9-10H,7-8H2,1-6H3. The Labute approximate surface area is 77.7 Å². The van der Waals surface area contributed by atoms with Crippen molar-refractivity contribution in [3.05, 3.63) is 0 Å². The second-order valence-corrected chi connectivity index (χ2v) is 5.63. The van der Waals surface area contributed by atoms with E-state index in [2.05, 4.69) is 41.5 Å². The van der Waals surface area contributed by atoms with E-state index in [1.807, 2.05) is 0 Å². The van der Waals surface area contributed by atoms with E-state index in [1.54, 1.807) is 0 Å². The lowest BCUT2D eigenvalue weighted by molar-refractivity contribution is -0.128. The van der Waals surface area contributed by atoms with E-state index >= 15 is 0 Å². The molecule has 0 N–H and O–H groups in total. The molecule has 2 atom stereocenters. The van der Waals surface area contributed by atoms with Crippen molar-refractivity contribution in [3.8, 4) is 0 Å². The Kier molecular flexibility index (Phi) is 2.31. The van der Waals surface area contributed by atoms with E-state index in [0.29, 0.717) is 10.8 Å². The predicted molar refractivity (Wildman–Crippen MR) is 55.1 cm³/mol. The molecule has 0 amide bonds. The van der Waals surface area contributed by atoms with E-state index < -0.39 is 0 Å². The SMILES string of the molecule is CCC1(C(C)C)CC(C)(C)C1C. The zero-order chi connectivity index (χ0) is 9.57. The monoisotopic (exact) mass is 168 g/mol. The normalized spacial score (nSPS) is 39.8. The molecular formula is C12H24. The van der Waals surface area contributed by atoms with Gasteiger partial charge in [0, 0.05) is 0 Å². The zero-order valence-electron chi connectivity index (χ0n) is 9.57. The number of hydrogen-bond acceptors (Lipinski definition) is 0. The van der Waals surface area contributed by atoms with Crippen LogP contribution in [-0.2, 0) is 0 Å². The molecule has 0 heterocycles. The van der Waals surface area contributed by atoms with Crippen LogP contribution in [0.1, 0.15) is 54.4 Å². The minimum atomic E-state index is 0.598. The minimum Gasteiger partial charge on any atom is -0.0648 e. The lowest BCUT2D eigenvalue weighted by atomic mass is 9.43. The van der Waals surface area contributed by atoms with Crippen LogP contribution in [0, 0.1) is 22.7 Å². The molecule has 0 nitrogen and oxygen atoms in total. The van der Waals surface area contributed by atoms with Crippen molar-refractivity contribution in [1.29, 1.82) is 0 Å². The molecule has 12 heavy (non-hydrogen) atoms. The molecule has 2 unspecified atom stereocenters. The summed E-state index contributed by atoms with van der Waals surface area (Å²) in [5.41, 5.74) is 1.25. The second-order valence-electron chi connectivity index (χ2n) is 5.63. The molecule has 1 fully saturated rings. The Balaban J connectivity index is 2.76. The molecule has 1 aliphatic rings. The van der Waals surface area contributed by atoms with Gasteiger partial charge in [0.15, 0.2) is 0 Å². The van der Waals surface area contributed by atoms with Gasteiger partial charge in [-0.3, -0.25) is 0 Å². The molecule has 0 spiro atoms. The van der Waals surface area contributed by atoms with Gasteiger partial charge in [-0.15, -0.1) is 0 Å². The average Bonchev–Trinajstić information content (AvgIpc) is 1.99. The molecule has 0 radical (unpaired) electrons. The number of rotatable bonds is 2. The smallest absolute Gasteiger partial charge is 0.0241 e. The third-order valence-electron chi connectivity index (χ3n) is 4.63. The Bertz CT molecular complexity index is 167. The molecule has 1 saturated carbocycles. The first-order chi connectivity index (χ1) is 5.37. The molecule has 72 valence electrons. The van der Waals surface area contributed by atoms with E-state index in [-0.39, 0.29) is 0 Å². The van der Waals surface area contributed by atoms with Crippen LogP contribution in [0.4, 0.5) is 0 Å². The summed E-state index contributed by atoms with van der Waals surface area (Å²) in [7, 11) is 0. The van der Waals surface area contributed by atoms with Gasteiger partial charge in [-0.05, 0) is 35.5 Å². The van der Waals surface area contributed by atoms with Crippen molar-refractivity contribution < 1.29 is 0 Å². The summed E-state index contributed by atoms with van der Waals surface area (Å²) >= 11 is 0. The maximum atomic E-state index is 2.44. The van der Waals surface area contributed by atoms with Crippen molar-refractivity contribution in [1.82, 2.24) is 0 Å². The minimum absolute atomic E-state index is 0.598. The van der Waals surface area contributed by atoms with Crippen molar-refractivity contribution in [2.24, 2.45) is 22.7 Å². The summed E-state index contributed by atoms with van der Waals surface area (Å²) in [6, 6.07) is 0. The lowest BCUT2D eigenvalue weighted by Crippen LogP contribution is -2.54. The van der Waals surface area contributed by atoms with Gasteiger partial charge in [0.25, 0.3) is 0 Å². The van der Waals surface area contributed by atoms with Crippen molar-refractivity contribution >= 4 is 0 Å². The van der Waals surface area contributed by atoms with Crippen LogP contribution in [0.2, 0.25) is 0 Å². The van der Waals surface area contributed by atoms with Crippen molar-refractivity contribution in [2.45, 2.75) is 54.4 Å². The molecule has 0 saturated heterocycles. The molecular weight excluding hydrogens is 144 g/mol.